The molecule has 2 N–H and O–H groups in total. The molecule has 29 heavy (non-hydrogen) atoms. The lowest BCUT2D eigenvalue weighted by Crippen LogP contribution is -2.38. The molecule has 0 radical (unpaired) electrons. The summed E-state index contributed by atoms with van der Waals surface area (Å²) < 4.78 is 0. The molecule has 152 valence electrons. The summed E-state index contributed by atoms with van der Waals surface area (Å²) in [6.45, 7) is 3.15. The number of nitrogens with one attached hydrogen (secondary N) is 2. The molecule has 0 saturated heterocycles. The molecule has 5 nitrogen and oxygen atoms in total. The Morgan fingerprint density at radius 3 is 2.52 bits per heavy atom. The zero-order valence-electron chi connectivity index (χ0n) is 17.0. The van der Waals surface area contributed by atoms with Crippen molar-refractivity contribution in [1.82, 2.24) is 5.32 Å². The maximum atomic E-state index is 13.2. The van der Waals surface area contributed by atoms with Crippen LogP contribution in [0.15, 0.2) is 42.5 Å². The summed E-state index contributed by atoms with van der Waals surface area (Å²) >= 11 is 0. The van der Waals surface area contributed by atoms with Crippen molar-refractivity contribution in [3.63, 3.8) is 0 Å². The molecule has 1 aliphatic carbocycles. The molecule has 1 heterocycles. The molecule has 2 amide bonds. The third-order valence-electron chi connectivity index (χ3n) is 5.97. The predicted octanol–water partition coefficient (Wildman–Crippen LogP) is 4.27. The van der Waals surface area contributed by atoms with E-state index in [1.54, 1.807) is 0 Å². The minimum Gasteiger partial charge on any atom is -0.366 e. The van der Waals surface area contributed by atoms with Crippen LogP contribution < -0.4 is 15.5 Å². The number of amides is 2. The van der Waals surface area contributed by atoms with Gasteiger partial charge < -0.3 is 15.5 Å². The zero-order chi connectivity index (χ0) is 20.2. The van der Waals surface area contributed by atoms with Gasteiger partial charge in [-0.15, -0.1) is 0 Å². The Kier molecular flexibility index (Phi) is 5.84. The molecule has 0 spiro atoms. The Morgan fingerprint density at radius 2 is 1.76 bits per heavy atom. The van der Waals surface area contributed by atoms with Crippen LogP contribution >= 0.6 is 0 Å². The summed E-state index contributed by atoms with van der Waals surface area (Å²) in [7, 11) is 0. The molecule has 0 aromatic heterocycles. The molecule has 1 saturated carbocycles. The fourth-order valence-electron chi connectivity index (χ4n) is 4.49. The Bertz CT molecular complexity index is 903. The topological polar surface area (TPSA) is 61.4 Å². The number of carbonyl (C=O) groups is 2. The molecule has 2 aromatic carbocycles. The molecule has 0 bridgehead atoms. The van der Waals surface area contributed by atoms with Gasteiger partial charge in [0.05, 0.1) is 5.56 Å². The summed E-state index contributed by atoms with van der Waals surface area (Å²) in [4.78, 5) is 27.0. The van der Waals surface area contributed by atoms with E-state index in [2.05, 4.69) is 39.8 Å². The van der Waals surface area contributed by atoms with Crippen LogP contribution in [0.25, 0.3) is 0 Å². The lowest BCUT2D eigenvalue weighted by atomic mass is 9.95. The van der Waals surface area contributed by atoms with Crippen LogP contribution in [-0.4, -0.2) is 24.4 Å². The van der Waals surface area contributed by atoms with Crippen molar-refractivity contribution in [3.05, 3.63) is 59.2 Å². The SMILES string of the molecule is CC(=O)Nc1ccc(N2CCc3ccccc3C2)c(C(=O)NC2CCCCC2)c1. The summed E-state index contributed by atoms with van der Waals surface area (Å²) in [6, 6.07) is 14.4. The fraction of sp³-hybridized carbons (Fsp3) is 0.417. The summed E-state index contributed by atoms with van der Waals surface area (Å²) in [5.74, 6) is -0.179. The first-order valence-electron chi connectivity index (χ1n) is 10.6. The van der Waals surface area contributed by atoms with E-state index in [4.69, 9.17) is 0 Å². The van der Waals surface area contributed by atoms with Gasteiger partial charge in [-0.1, -0.05) is 43.5 Å². The van der Waals surface area contributed by atoms with Crippen molar-refractivity contribution in [2.45, 2.75) is 58.0 Å². The molecule has 4 rings (SSSR count). The maximum Gasteiger partial charge on any atom is 0.253 e. The van der Waals surface area contributed by atoms with Crippen LogP contribution in [0.5, 0.6) is 0 Å². The lowest BCUT2D eigenvalue weighted by Gasteiger charge is -2.32. The van der Waals surface area contributed by atoms with Gasteiger partial charge >= 0.3 is 0 Å². The van der Waals surface area contributed by atoms with Gasteiger partial charge in [0.1, 0.15) is 0 Å². The molecular weight excluding hydrogens is 362 g/mol. The molecule has 1 fully saturated rings. The van der Waals surface area contributed by atoms with Crippen LogP contribution in [0.2, 0.25) is 0 Å². The van der Waals surface area contributed by atoms with Gasteiger partial charge in [-0.2, -0.15) is 0 Å². The molecule has 2 aromatic rings. The monoisotopic (exact) mass is 391 g/mol. The molecule has 5 heteroatoms. The van der Waals surface area contributed by atoms with Gasteiger partial charge in [-0.3, -0.25) is 9.59 Å². The van der Waals surface area contributed by atoms with Crippen molar-refractivity contribution < 1.29 is 9.59 Å². The van der Waals surface area contributed by atoms with Gasteiger partial charge in [0, 0.05) is 37.4 Å². The van der Waals surface area contributed by atoms with Crippen LogP contribution in [0.3, 0.4) is 0 Å². The average Bonchev–Trinajstić information content (AvgIpc) is 2.73. The van der Waals surface area contributed by atoms with E-state index in [-0.39, 0.29) is 17.9 Å². The predicted molar refractivity (Wildman–Crippen MR) is 116 cm³/mol. The van der Waals surface area contributed by atoms with E-state index in [1.165, 1.54) is 37.3 Å². The van der Waals surface area contributed by atoms with Crippen molar-refractivity contribution in [1.29, 1.82) is 0 Å². The van der Waals surface area contributed by atoms with E-state index < -0.39 is 0 Å². The molecule has 0 atom stereocenters. The molecule has 0 unspecified atom stereocenters. The first kappa shape index (κ1) is 19.5. The summed E-state index contributed by atoms with van der Waals surface area (Å²) in [5.41, 5.74) is 4.92. The van der Waals surface area contributed by atoms with Crippen molar-refractivity contribution in [2.75, 3.05) is 16.8 Å². The lowest BCUT2D eigenvalue weighted by molar-refractivity contribution is -0.114. The quantitative estimate of drug-likeness (QED) is 0.818. The number of benzene rings is 2. The third kappa shape index (κ3) is 4.61. The van der Waals surface area contributed by atoms with E-state index in [1.807, 2.05) is 18.2 Å². The smallest absolute Gasteiger partial charge is 0.253 e. The van der Waals surface area contributed by atoms with Crippen LogP contribution in [0.4, 0.5) is 11.4 Å². The van der Waals surface area contributed by atoms with E-state index in [9.17, 15) is 9.59 Å². The molecular formula is C24H29N3O2. The fourth-order valence-corrected chi connectivity index (χ4v) is 4.49. The van der Waals surface area contributed by atoms with E-state index in [0.29, 0.717) is 11.3 Å². The van der Waals surface area contributed by atoms with Gasteiger partial charge in [0.25, 0.3) is 5.91 Å². The van der Waals surface area contributed by atoms with Crippen LogP contribution in [0.1, 0.15) is 60.5 Å². The Labute approximate surface area is 172 Å². The van der Waals surface area contributed by atoms with Gasteiger partial charge in [-0.05, 0) is 48.6 Å². The number of hydrogen-bond acceptors (Lipinski definition) is 3. The highest BCUT2D eigenvalue weighted by molar-refractivity contribution is 6.02. The maximum absolute atomic E-state index is 13.2. The van der Waals surface area contributed by atoms with Crippen molar-refractivity contribution in [2.24, 2.45) is 0 Å². The molecule has 2 aliphatic rings. The summed E-state index contributed by atoms with van der Waals surface area (Å²) in [5, 5.41) is 6.05. The van der Waals surface area contributed by atoms with E-state index >= 15 is 0 Å². The number of anilines is 2. The number of carbonyl (C=O) groups excluding carboxylic acids is 2. The minimum absolute atomic E-state index is 0.0436. The minimum atomic E-state index is -0.136. The third-order valence-corrected chi connectivity index (χ3v) is 5.97. The highest BCUT2D eigenvalue weighted by Gasteiger charge is 2.24. The Balaban J connectivity index is 1.62. The van der Waals surface area contributed by atoms with Gasteiger partial charge in [-0.25, -0.2) is 0 Å². The zero-order valence-corrected chi connectivity index (χ0v) is 17.0. The van der Waals surface area contributed by atoms with Crippen molar-refractivity contribution >= 4 is 23.2 Å². The second-order valence-electron chi connectivity index (χ2n) is 8.16. The summed E-state index contributed by atoms with van der Waals surface area (Å²) in [6.07, 6.45) is 6.66. The van der Waals surface area contributed by atoms with Crippen LogP contribution in [-0.2, 0) is 17.8 Å². The molecule has 1 aliphatic heterocycles. The number of hydrogen-bond donors (Lipinski definition) is 2. The number of rotatable bonds is 4. The van der Waals surface area contributed by atoms with Gasteiger partial charge in [0.2, 0.25) is 5.91 Å². The normalized spacial score (nSPS) is 16.8. The number of fused-ring (bicyclic) bond motifs is 1. The van der Waals surface area contributed by atoms with Crippen molar-refractivity contribution in [3.8, 4) is 0 Å². The number of nitrogens with zero attached hydrogens (tertiary/aromatic N) is 1. The highest BCUT2D eigenvalue weighted by Crippen LogP contribution is 2.30. The first-order chi connectivity index (χ1) is 14.1. The Morgan fingerprint density at radius 1 is 1.00 bits per heavy atom. The second kappa shape index (κ2) is 8.68. The Hall–Kier alpha value is -2.82. The van der Waals surface area contributed by atoms with Gasteiger partial charge in [0.15, 0.2) is 0 Å². The average molecular weight is 392 g/mol. The first-order valence-corrected chi connectivity index (χ1v) is 10.6. The second-order valence-corrected chi connectivity index (χ2v) is 8.16. The standard InChI is InChI=1S/C24H29N3O2/c1-17(28)25-21-11-12-23(27-14-13-18-7-5-6-8-19(18)16-27)22(15-21)24(29)26-20-9-3-2-4-10-20/h5-8,11-12,15,20H,2-4,9-10,13-14,16H2,1H3,(H,25,28)(H,26,29). The van der Waals surface area contributed by atoms with Crippen LogP contribution in [0, 0.1) is 0 Å². The largest absolute Gasteiger partial charge is 0.366 e. The van der Waals surface area contributed by atoms with E-state index in [0.717, 1.165) is 38.0 Å². The highest BCUT2D eigenvalue weighted by atomic mass is 16.2.